The van der Waals surface area contributed by atoms with Crippen LogP contribution in [-0.2, 0) is 31.5 Å². The fourth-order valence-corrected chi connectivity index (χ4v) is 10.00. The molecule has 0 bridgehead atoms. The van der Waals surface area contributed by atoms with E-state index in [9.17, 15) is 9.90 Å². The predicted octanol–water partition coefficient (Wildman–Crippen LogP) is 7.93. The van der Waals surface area contributed by atoms with Crippen molar-refractivity contribution in [2.75, 3.05) is 6.61 Å². The van der Waals surface area contributed by atoms with Gasteiger partial charge in [0.25, 0.3) is 0 Å². The lowest BCUT2D eigenvalue weighted by Crippen LogP contribution is -2.37. The average molecular weight is 755 g/mol. The first-order chi connectivity index (χ1) is 26.6. The average Bonchev–Trinajstić information content (AvgIpc) is 3.74. The van der Waals surface area contributed by atoms with E-state index >= 15 is 0 Å². The van der Waals surface area contributed by atoms with E-state index in [1.165, 1.54) is 10.5 Å². The molecule has 4 aromatic rings. The summed E-state index contributed by atoms with van der Waals surface area (Å²) in [4.78, 5) is 14.5. The summed E-state index contributed by atoms with van der Waals surface area (Å²) < 4.78 is 25.6. The van der Waals surface area contributed by atoms with E-state index in [-0.39, 0.29) is 62.0 Å². The highest BCUT2D eigenvalue weighted by molar-refractivity contribution is 7.18. The second-order valence-electron chi connectivity index (χ2n) is 16.5. The summed E-state index contributed by atoms with van der Waals surface area (Å²) in [7, 11) is -0.685. The molecular formula is C46H52B2O6S. The number of hydrogen-bond donors (Lipinski definition) is 1. The van der Waals surface area contributed by atoms with Gasteiger partial charge in [0.15, 0.2) is 5.43 Å². The Morgan fingerprint density at radius 1 is 0.873 bits per heavy atom. The normalized spacial score (nSPS) is 27.0. The van der Waals surface area contributed by atoms with Crippen LogP contribution in [0, 0.1) is 17.3 Å². The van der Waals surface area contributed by atoms with E-state index < -0.39 is 0 Å². The summed E-state index contributed by atoms with van der Waals surface area (Å²) in [5.41, 5.74) is 7.68. The van der Waals surface area contributed by atoms with Gasteiger partial charge in [-0.2, -0.15) is 0 Å². The number of aliphatic hydroxyl groups excluding tert-OH is 1. The second kappa shape index (κ2) is 16.1. The molecule has 3 heterocycles. The maximum Gasteiger partial charge on any atom is 0.494 e. The van der Waals surface area contributed by atoms with Gasteiger partial charge in [0.2, 0.25) is 0 Å². The molecule has 9 heteroatoms. The molecule has 2 saturated heterocycles. The summed E-state index contributed by atoms with van der Waals surface area (Å²) in [5.74, 6) is 0.530. The van der Waals surface area contributed by atoms with Crippen LogP contribution >= 0.6 is 11.3 Å². The molecule has 3 aromatic carbocycles. The topological polar surface area (TPSA) is 74.2 Å². The smallest absolute Gasteiger partial charge is 0.402 e. The molecule has 6 nitrogen and oxygen atoms in total. The highest BCUT2D eigenvalue weighted by atomic mass is 32.1. The Balaban J connectivity index is 0.832. The van der Waals surface area contributed by atoms with Gasteiger partial charge < -0.3 is 23.7 Å². The summed E-state index contributed by atoms with van der Waals surface area (Å²) in [6, 6.07) is 24.9. The Morgan fingerprint density at radius 2 is 1.53 bits per heavy atom. The van der Waals surface area contributed by atoms with E-state index in [2.05, 4.69) is 81.5 Å². The standard InChI is InChI=1S/C46H52B2O6S/c1-29(9-8-11-42-32(4)53-48(54-42)39-20-18-38(19-21-39)47-51-30(2)31(3)52-47)27-46(5)24-23-36(25-37(46)28-49)34-15-13-33(14-16-34)35-17-22-44-41(26-35)45(50)40-10-6-7-12-43(40)55-44/h6-7,10,12-21,23-25,29-32,37,42,49H,8-9,11,22,26-28H2,1-5H3. The Morgan fingerprint density at radius 3 is 2.24 bits per heavy atom. The largest absolute Gasteiger partial charge is 0.494 e. The molecule has 284 valence electrons. The van der Waals surface area contributed by atoms with Crippen molar-refractivity contribution in [1.82, 2.24) is 0 Å². The monoisotopic (exact) mass is 754 g/mol. The zero-order valence-corrected chi connectivity index (χ0v) is 33.5. The third-order valence-electron chi connectivity index (χ3n) is 12.5. The van der Waals surface area contributed by atoms with E-state index in [0.29, 0.717) is 12.3 Å². The second-order valence-corrected chi connectivity index (χ2v) is 17.7. The molecule has 1 N–H and O–H groups in total. The zero-order chi connectivity index (χ0) is 38.3. The molecule has 2 fully saturated rings. The Bertz CT molecular complexity index is 2150. The molecule has 0 radical (unpaired) electrons. The zero-order valence-electron chi connectivity index (χ0n) is 32.7. The van der Waals surface area contributed by atoms with Gasteiger partial charge in [-0.25, -0.2) is 0 Å². The van der Waals surface area contributed by atoms with Crippen LogP contribution in [0.25, 0.3) is 21.2 Å². The van der Waals surface area contributed by atoms with Crippen molar-refractivity contribution in [3.05, 3.63) is 129 Å². The first kappa shape index (κ1) is 38.3. The van der Waals surface area contributed by atoms with Gasteiger partial charge in [-0.05, 0) is 90.3 Å². The number of aliphatic hydroxyl groups is 1. The lowest BCUT2D eigenvalue weighted by Gasteiger charge is -2.38. The maximum atomic E-state index is 13.3. The third-order valence-corrected chi connectivity index (χ3v) is 13.7. The van der Waals surface area contributed by atoms with Crippen molar-refractivity contribution >= 4 is 57.7 Å². The molecule has 2 aliphatic heterocycles. The molecule has 7 unspecified atom stereocenters. The van der Waals surface area contributed by atoms with Crippen LogP contribution in [0.4, 0.5) is 0 Å². The molecule has 55 heavy (non-hydrogen) atoms. The lowest BCUT2D eigenvalue weighted by molar-refractivity contribution is 0.140. The van der Waals surface area contributed by atoms with Crippen molar-refractivity contribution < 1.29 is 23.7 Å². The van der Waals surface area contributed by atoms with Gasteiger partial charge >= 0.3 is 14.2 Å². The molecule has 0 amide bonds. The van der Waals surface area contributed by atoms with E-state index in [1.807, 2.05) is 50.2 Å². The first-order valence-electron chi connectivity index (χ1n) is 20.2. The van der Waals surface area contributed by atoms with Crippen LogP contribution in [0.3, 0.4) is 0 Å². The third kappa shape index (κ3) is 8.03. The van der Waals surface area contributed by atoms with Crippen molar-refractivity contribution in [2.24, 2.45) is 17.3 Å². The molecular weight excluding hydrogens is 702 g/mol. The number of hydrogen-bond acceptors (Lipinski definition) is 7. The molecule has 8 rings (SSSR count). The number of allylic oxidation sites excluding steroid dienone is 5. The molecule has 0 saturated carbocycles. The van der Waals surface area contributed by atoms with Crippen molar-refractivity contribution in [3.8, 4) is 0 Å². The Hall–Kier alpha value is -3.56. The van der Waals surface area contributed by atoms with E-state index in [4.69, 9.17) is 18.6 Å². The predicted molar refractivity (Wildman–Crippen MR) is 227 cm³/mol. The molecule has 2 aliphatic carbocycles. The van der Waals surface area contributed by atoms with Crippen LogP contribution in [0.5, 0.6) is 0 Å². The summed E-state index contributed by atoms with van der Waals surface area (Å²) >= 11 is 1.74. The van der Waals surface area contributed by atoms with Crippen LogP contribution in [0.15, 0.2) is 102 Å². The van der Waals surface area contributed by atoms with Gasteiger partial charge in [0.1, 0.15) is 0 Å². The SMILES string of the molecule is CC(CCCC1OB(c2ccc(B3OC(C)C(C)O3)cc2)OC1C)CC1(C)C=CC(c2ccc(C3=CCc4sc5ccccc5c(=O)c4C3)cc2)=CC1CO. The minimum atomic E-state index is -0.362. The fourth-order valence-electron chi connectivity index (χ4n) is 8.86. The van der Waals surface area contributed by atoms with Crippen molar-refractivity contribution in [2.45, 2.75) is 97.6 Å². The van der Waals surface area contributed by atoms with E-state index in [0.717, 1.165) is 75.4 Å². The number of fused-ring (bicyclic) bond motifs is 2. The van der Waals surface area contributed by atoms with Crippen LogP contribution < -0.4 is 16.4 Å². The Labute approximate surface area is 330 Å². The Kier molecular flexibility index (Phi) is 11.2. The van der Waals surface area contributed by atoms with Crippen LogP contribution in [0.2, 0.25) is 0 Å². The van der Waals surface area contributed by atoms with Crippen LogP contribution in [0.1, 0.15) is 81.9 Å². The molecule has 0 spiro atoms. The van der Waals surface area contributed by atoms with E-state index in [1.54, 1.807) is 11.3 Å². The summed E-state index contributed by atoms with van der Waals surface area (Å²) in [6.07, 6.45) is 14.9. The molecule has 1 aromatic heterocycles. The number of rotatable bonds is 11. The highest BCUT2D eigenvalue weighted by Gasteiger charge is 2.40. The fraction of sp³-hybridized carbons (Fsp3) is 0.413. The highest BCUT2D eigenvalue weighted by Crippen LogP contribution is 2.43. The summed E-state index contributed by atoms with van der Waals surface area (Å²) in [5, 5.41) is 11.4. The lowest BCUT2D eigenvalue weighted by atomic mass is 9.67. The minimum absolute atomic E-state index is 0.0290. The van der Waals surface area contributed by atoms with Gasteiger partial charge in [-0.15, -0.1) is 11.3 Å². The maximum absolute atomic E-state index is 13.3. The first-order valence-corrected chi connectivity index (χ1v) is 21.0. The van der Waals surface area contributed by atoms with Gasteiger partial charge in [0, 0.05) is 39.3 Å². The molecule has 7 atom stereocenters. The van der Waals surface area contributed by atoms with Gasteiger partial charge in [-0.3, -0.25) is 4.79 Å². The van der Waals surface area contributed by atoms with Gasteiger partial charge in [0.05, 0.1) is 31.0 Å². The summed E-state index contributed by atoms with van der Waals surface area (Å²) in [6.45, 7) is 10.9. The van der Waals surface area contributed by atoms with Crippen molar-refractivity contribution in [1.29, 1.82) is 0 Å². The molecule has 4 aliphatic rings. The van der Waals surface area contributed by atoms with Crippen molar-refractivity contribution in [3.63, 3.8) is 0 Å². The van der Waals surface area contributed by atoms with Gasteiger partial charge in [-0.1, -0.05) is 112 Å². The number of benzene rings is 3. The van der Waals surface area contributed by atoms with Crippen LogP contribution in [-0.4, -0.2) is 50.4 Å². The minimum Gasteiger partial charge on any atom is -0.402 e. The quantitative estimate of drug-likeness (QED) is 0.157.